The molecule has 0 unspecified atom stereocenters. The molecule has 1 aromatic heterocycles. The first-order valence-corrected chi connectivity index (χ1v) is 7.74. The van der Waals surface area contributed by atoms with Crippen LogP contribution in [0.4, 0.5) is 4.79 Å². The molecule has 0 aliphatic heterocycles. The highest BCUT2D eigenvalue weighted by Gasteiger charge is 2.29. The number of fused-ring (bicyclic) bond motifs is 1. The van der Waals surface area contributed by atoms with Gasteiger partial charge in [0.2, 0.25) is 0 Å². The predicted octanol–water partition coefficient (Wildman–Crippen LogP) is 4.13. The van der Waals surface area contributed by atoms with Crippen LogP contribution in [0.5, 0.6) is 0 Å². The lowest BCUT2D eigenvalue weighted by Crippen LogP contribution is -2.43. The lowest BCUT2D eigenvalue weighted by Gasteiger charge is -2.33. The number of nitrogens with zero attached hydrogens (tertiary/aromatic N) is 1. The molecule has 0 spiro atoms. The number of carbonyl (C=O) groups excluding carboxylic acids is 1. The van der Waals surface area contributed by atoms with E-state index in [9.17, 15) is 4.79 Å². The van der Waals surface area contributed by atoms with Gasteiger partial charge in [0.25, 0.3) is 0 Å². The molecular formula is C14H20ClNO2S. The summed E-state index contributed by atoms with van der Waals surface area (Å²) in [6.45, 7) is 5.65. The molecule has 1 heterocycles. The van der Waals surface area contributed by atoms with Crippen LogP contribution < -0.4 is 0 Å². The summed E-state index contributed by atoms with van der Waals surface area (Å²) in [6, 6.07) is 0.175. The lowest BCUT2D eigenvalue weighted by atomic mass is 9.94. The number of hydrogen-bond donors (Lipinski definition) is 0. The maximum atomic E-state index is 12.1. The van der Waals surface area contributed by atoms with Crippen molar-refractivity contribution in [3.63, 3.8) is 0 Å². The summed E-state index contributed by atoms with van der Waals surface area (Å²) in [7, 11) is 1.81. The smallest absolute Gasteiger partial charge is 0.410 e. The Morgan fingerprint density at radius 1 is 1.53 bits per heavy atom. The molecule has 1 aromatic rings. The Morgan fingerprint density at radius 3 is 2.84 bits per heavy atom. The van der Waals surface area contributed by atoms with Gasteiger partial charge in [-0.25, -0.2) is 4.79 Å². The average Bonchev–Trinajstić information content (AvgIpc) is 2.67. The van der Waals surface area contributed by atoms with Crippen LogP contribution in [0.3, 0.4) is 0 Å². The van der Waals surface area contributed by atoms with Crippen molar-refractivity contribution in [3.05, 3.63) is 20.8 Å². The Balaban J connectivity index is 2.04. The second-order valence-electron chi connectivity index (χ2n) is 5.97. The Morgan fingerprint density at radius 2 is 2.21 bits per heavy atom. The Kier molecular flexibility index (Phi) is 4.11. The van der Waals surface area contributed by atoms with Crippen LogP contribution in [0.2, 0.25) is 5.02 Å². The zero-order valence-electron chi connectivity index (χ0n) is 11.8. The first-order valence-electron chi connectivity index (χ1n) is 6.48. The number of thiophene rings is 1. The van der Waals surface area contributed by atoms with Crippen molar-refractivity contribution < 1.29 is 9.53 Å². The van der Waals surface area contributed by atoms with Gasteiger partial charge in [-0.15, -0.1) is 11.3 Å². The molecule has 0 saturated carbocycles. The third kappa shape index (κ3) is 3.42. The number of rotatable bonds is 1. The third-order valence-corrected chi connectivity index (χ3v) is 4.86. The summed E-state index contributed by atoms with van der Waals surface area (Å²) in [5, 5.41) is 2.82. The highest BCUT2D eigenvalue weighted by Crippen LogP contribution is 2.34. The number of ether oxygens (including phenoxy) is 1. The molecule has 3 nitrogen and oxygen atoms in total. The quantitative estimate of drug-likeness (QED) is 0.780. The molecule has 0 fully saturated rings. The molecule has 1 amide bonds. The van der Waals surface area contributed by atoms with Crippen LogP contribution >= 0.6 is 22.9 Å². The van der Waals surface area contributed by atoms with Crippen LogP contribution in [0, 0.1) is 0 Å². The summed E-state index contributed by atoms with van der Waals surface area (Å²) in [6.07, 6.45) is 2.53. The van der Waals surface area contributed by atoms with Crippen LogP contribution in [0.15, 0.2) is 5.38 Å². The molecule has 1 atom stereocenters. The molecule has 0 N–H and O–H groups in total. The Hall–Kier alpha value is -0.740. The van der Waals surface area contributed by atoms with Gasteiger partial charge in [0, 0.05) is 23.3 Å². The molecule has 2 rings (SSSR count). The van der Waals surface area contributed by atoms with E-state index in [2.05, 4.69) is 0 Å². The normalized spacial score (nSPS) is 18.9. The van der Waals surface area contributed by atoms with Gasteiger partial charge in [-0.2, -0.15) is 0 Å². The highest BCUT2D eigenvalue weighted by atomic mass is 35.5. The van der Waals surface area contributed by atoms with Crippen molar-refractivity contribution in [2.24, 2.45) is 0 Å². The van der Waals surface area contributed by atoms with Crippen LogP contribution in [-0.4, -0.2) is 29.7 Å². The first-order chi connectivity index (χ1) is 8.78. The topological polar surface area (TPSA) is 29.5 Å². The van der Waals surface area contributed by atoms with Crippen molar-refractivity contribution in [1.29, 1.82) is 0 Å². The van der Waals surface area contributed by atoms with E-state index in [1.807, 2.05) is 33.2 Å². The van der Waals surface area contributed by atoms with E-state index in [1.165, 1.54) is 10.4 Å². The van der Waals surface area contributed by atoms with Crippen molar-refractivity contribution in [2.45, 2.75) is 51.7 Å². The highest BCUT2D eigenvalue weighted by molar-refractivity contribution is 7.10. The van der Waals surface area contributed by atoms with E-state index in [0.717, 1.165) is 24.3 Å². The number of amides is 1. The summed E-state index contributed by atoms with van der Waals surface area (Å²) >= 11 is 7.91. The summed E-state index contributed by atoms with van der Waals surface area (Å²) in [5.41, 5.74) is 0.754. The minimum Gasteiger partial charge on any atom is -0.444 e. The molecule has 19 heavy (non-hydrogen) atoms. The minimum absolute atomic E-state index is 0.175. The maximum absolute atomic E-state index is 12.1. The van der Waals surface area contributed by atoms with Gasteiger partial charge in [-0.05, 0) is 45.6 Å². The predicted molar refractivity (Wildman–Crippen MR) is 79.1 cm³/mol. The molecule has 1 aliphatic rings. The van der Waals surface area contributed by atoms with Gasteiger partial charge in [-0.3, -0.25) is 0 Å². The maximum Gasteiger partial charge on any atom is 0.410 e. The monoisotopic (exact) mass is 301 g/mol. The van der Waals surface area contributed by atoms with Crippen molar-refractivity contribution >= 4 is 29.0 Å². The number of aryl methyl sites for hydroxylation is 1. The SMILES string of the molecule is CN(C(=O)OC(C)(C)C)[C@@H]1CCc2scc(Cl)c2C1. The molecule has 106 valence electrons. The van der Waals surface area contributed by atoms with E-state index in [4.69, 9.17) is 16.3 Å². The summed E-state index contributed by atoms with van der Waals surface area (Å²) in [4.78, 5) is 15.1. The van der Waals surface area contributed by atoms with Crippen LogP contribution in [-0.2, 0) is 17.6 Å². The number of likely N-dealkylation sites (N-methyl/N-ethyl adjacent to an activating group) is 1. The van der Waals surface area contributed by atoms with Crippen molar-refractivity contribution in [3.8, 4) is 0 Å². The van der Waals surface area contributed by atoms with Gasteiger partial charge in [0.1, 0.15) is 5.60 Å². The zero-order valence-corrected chi connectivity index (χ0v) is 13.4. The molecule has 0 saturated heterocycles. The third-order valence-electron chi connectivity index (χ3n) is 3.30. The fourth-order valence-corrected chi connectivity index (χ4v) is 3.61. The zero-order chi connectivity index (χ0) is 14.2. The molecule has 5 heteroatoms. The fraction of sp³-hybridized carbons (Fsp3) is 0.643. The van der Waals surface area contributed by atoms with E-state index >= 15 is 0 Å². The molecule has 1 aliphatic carbocycles. The molecule has 0 radical (unpaired) electrons. The van der Waals surface area contributed by atoms with Crippen LogP contribution in [0.1, 0.15) is 37.6 Å². The fourth-order valence-electron chi connectivity index (χ4n) is 2.27. The van der Waals surface area contributed by atoms with Gasteiger partial charge in [0.05, 0.1) is 5.02 Å². The number of halogens is 1. The average molecular weight is 302 g/mol. The van der Waals surface area contributed by atoms with Gasteiger partial charge in [0.15, 0.2) is 0 Å². The second-order valence-corrected chi connectivity index (χ2v) is 7.34. The van der Waals surface area contributed by atoms with Crippen LogP contribution in [0.25, 0.3) is 0 Å². The Labute approximate surface area is 123 Å². The van der Waals surface area contributed by atoms with Crippen molar-refractivity contribution in [2.75, 3.05) is 7.05 Å². The van der Waals surface area contributed by atoms with Gasteiger partial charge in [-0.1, -0.05) is 11.6 Å². The van der Waals surface area contributed by atoms with E-state index in [-0.39, 0.29) is 12.1 Å². The van der Waals surface area contributed by atoms with E-state index in [1.54, 1.807) is 16.2 Å². The first kappa shape index (κ1) is 14.7. The van der Waals surface area contributed by atoms with Gasteiger partial charge >= 0.3 is 6.09 Å². The summed E-state index contributed by atoms with van der Waals surface area (Å²) in [5.74, 6) is 0. The largest absolute Gasteiger partial charge is 0.444 e. The summed E-state index contributed by atoms with van der Waals surface area (Å²) < 4.78 is 5.41. The molecule has 0 aromatic carbocycles. The van der Waals surface area contributed by atoms with Crippen molar-refractivity contribution in [1.82, 2.24) is 4.90 Å². The van der Waals surface area contributed by atoms with E-state index < -0.39 is 5.60 Å². The minimum atomic E-state index is -0.453. The molecule has 0 bridgehead atoms. The number of hydrogen-bond acceptors (Lipinski definition) is 3. The van der Waals surface area contributed by atoms with Gasteiger partial charge < -0.3 is 9.64 Å². The Bertz CT molecular complexity index is 478. The second kappa shape index (κ2) is 5.33. The standard InChI is InChI=1S/C14H20ClNO2S/c1-14(2,3)18-13(17)16(4)9-5-6-12-10(7-9)11(15)8-19-12/h8-9H,5-7H2,1-4H3/t9-/m1/s1. The lowest BCUT2D eigenvalue weighted by molar-refractivity contribution is 0.0210. The van der Waals surface area contributed by atoms with E-state index in [0.29, 0.717) is 0 Å². The number of carbonyl (C=O) groups is 1. The molecular weight excluding hydrogens is 282 g/mol.